The summed E-state index contributed by atoms with van der Waals surface area (Å²) in [5.41, 5.74) is 1.10. The molecule has 1 aromatic carbocycles. The van der Waals surface area contributed by atoms with Crippen molar-refractivity contribution in [2.45, 2.75) is 6.04 Å². The summed E-state index contributed by atoms with van der Waals surface area (Å²) < 4.78 is 6.62. The molecule has 0 bridgehead atoms. The van der Waals surface area contributed by atoms with Gasteiger partial charge in [0.2, 0.25) is 6.04 Å². The quantitative estimate of drug-likeness (QED) is 0.496. The van der Waals surface area contributed by atoms with Crippen molar-refractivity contribution in [1.82, 2.24) is 0 Å². The monoisotopic (exact) mass is 176 g/mol. The van der Waals surface area contributed by atoms with Gasteiger partial charge in [0.1, 0.15) is 0 Å². The van der Waals surface area contributed by atoms with Gasteiger partial charge >= 0.3 is 12.8 Å². The van der Waals surface area contributed by atoms with Gasteiger partial charge in [-0.25, -0.2) is 4.79 Å². The third kappa shape index (κ3) is 1.45. The lowest BCUT2D eigenvalue weighted by Crippen LogP contribution is -2.14. The highest BCUT2D eigenvalue weighted by Gasteiger charge is 2.28. The summed E-state index contributed by atoms with van der Waals surface area (Å²) in [4.78, 5) is 10.6. The van der Waals surface area contributed by atoms with Crippen LogP contribution in [0.4, 0.5) is 0 Å². The molecule has 1 aliphatic rings. The van der Waals surface area contributed by atoms with Crippen molar-refractivity contribution in [3.05, 3.63) is 35.9 Å². The lowest BCUT2D eigenvalue weighted by atomic mass is 10.1. The molecule has 0 N–H and O–H groups in total. The highest BCUT2D eigenvalue weighted by Crippen LogP contribution is 2.18. The Morgan fingerprint density at radius 1 is 1.38 bits per heavy atom. The number of hydrogen-bond acceptors (Lipinski definition) is 2. The molecule has 2 rings (SSSR count). The maximum atomic E-state index is 10.6. The van der Waals surface area contributed by atoms with Crippen molar-refractivity contribution < 1.29 is 14.1 Å². The number of hydrogen-bond donors (Lipinski definition) is 0. The first-order chi connectivity index (χ1) is 6.42. The van der Waals surface area contributed by atoms with E-state index in [1.54, 1.807) is 0 Å². The summed E-state index contributed by atoms with van der Waals surface area (Å²) in [5, 5.41) is 0. The van der Waals surface area contributed by atoms with Gasteiger partial charge in [-0.3, -0.25) is 0 Å². The fourth-order valence-electron chi connectivity index (χ4n) is 1.42. The average Bonchev–Trinajstić information content (AvgIpc) is 2.67. The average molecular weight is 176 g/mol. The molecule has 3 nitrogen and oxygen atoms in total. The fourth-order valence-corrected chi connectivity index (χ4v) is 1.42. The van der Waals surface area contributed by atoms with Crippen LogP contribution in [0.25, 0.3) is 0 Å². The molecule has 0 aliphatic carbocycles. The van der Waals surface area contributed by atoms with Gasteiger partial charge in [0, 0.05) is 5.56 Å². The van der Waals surface area contributed by atoms with Gasteiger partial charge in [0.25, 0.3) is 0 Å². The number of nitrogens with zero attached hydrogens (tertiary/aromatic N) is 1. The van der Waals surface area contributed by atoms with E-state index in [1.807, 2.05) is 30.3 Å². The summed E-state index contributed by atoms with van der Waals surface area (Å²) in [7, 11) is 0. The van der Waals surface area contributed by atoms with Crippen molar-refractivity contribution in [3.8, 4) is 0 Å². The molecular formula is C10H10NO2+. The van der Waals surface area contributed by atoms with Gasteiger partial charge in [-0.15, -0.1) is 4.58 Å². The van der Waals surface area contributed by atoms with Crippen LogP contribution in [0.1, 0.15) is 11.6 Å². The summed E-state index contributed by atoms with van der Waals surface area (Å²) >= 11 is 0. The second kappa shape index (κ2) is 3.39. The molecule has 1 amide bonds. The van der Waals surface area contributed by atoms with E-state index >= 15 is 0 Å². The van der Waals surface area contributed by atoms with E-state index in [0.717, 1.165) is 12.0 Å². The Labute approximate surface area is 76.3 Å². The minimum Gasteiger partial charge on any atom is -0.442 e. The highest BCUT2D eigenvalue weighted by atomic mass is 16.5. The predicted octanol–water partition coefficient (Wildman–Crippen LogP) is 0.955. The van der Waals surface area contributed by atoms with Gasteiger partial charge in [-0.05, 0) is 0 Å². The highest BCUT2D eigenvalue weighted by molar-refractivity contribution is 5.52. The van der Waals surface area contributed by atoms with Crippen molar-refractivity contribution in [3.63, 3.8) is 0 Å². The Morgan fingerprint density at radius 3 is 2.85 bits per heavy atom. The molecule has 13 heavy (non-hydrogen) atoms. The Balaban J connectivity index is 2.28. The van der Waals surface area contributed by atoms with Crippen molar-refractivity contribution in [2.24, 2.45) is 0 Å². The molecule has 0 aromatic heterocycles. The zero-order valence-electron chi connectivity index (χ0n) is 7.09. The molecule has 0 spiro atoms. The number of amides is 1. The summed E-state index contributed by atoms with van der Waals surface area (Å²) in [6.45, 7) is 0.544. The first-order valence-corrected chi connectivity index (χ1v) is 4.14. The van der Waals surface area contributed by atoms with Crippen LogP contribution in [0.3, 0.4) is 0 Å². The lowest BCUT2D eigenvalue weighted by Gasteiger charge is -2.02. The Hall–Kier alpha value is -1.64. The molecule has 1 aliphatic heterocycles. The Morgan fingerprint density at radius 2 is 2.15 bits per heavy atom. The molecule has 1 atom stereocenters. The minimum atomic E-state index is 0.0405. The number of carbonyl (C=O) groups is 1. The maximum absolute atomic E-state index is 10.6. The lowest BCUT2D eigenvalue weighted by molar-refractivity contribution is -0.464. The van der Waals surface area contributed by atoms with E-state index in [0.29, 0.717) is 6.61 Å². The molecule has 0 radical (unpaired) electrons. The van der Waals surface area contributed by atoms with Gasteiger partial charge < -0.3 is 4.74 Å². The van der Waals surface area contributed by atoms with Crippen LogP contribution in [0.2, 0.25) is 0 Å². The van der Waals surface area contributed by atoms with Gasteiger partial charge in [0.15, 0.2) is 6.61 Å². The van der Waals surface area contributed by atoms with Gasteiger partial charge in [0.05, 0.1) is 0 Å². The number of carbonyl (C=O) groups excluding carboxylic acids is 1. The van der Waals surface area contributed by atoms with Crippen LogP contribution in [0.5, 0.6) is 0 Å². The van der Waals surface area contributed by atoms with Crippen LogP contribution < -0.4 is 0 Å². The van der Waals surface area contributed by atoms with E-state index < -0.39 is 0 Å². The number of rotatable bonds is 2. The van der Waals surface area contributed by atoms with Crippen LogP contribution in [0, 0.1) is 0 Å². The van der Waals surface area contributed by atoms with Gasteiger partial charge in [-0.2, -0.15) is 0 Å². The molecule has 0 saturated carbocycles. The number of ether oxygens (including phenoxy) is 1. The van der Waals surface area contributed by atoms with Crippen LogP contribution in [-0.2, 0) is 9.53 Å². The van der Waals surface area contributed by atoms with Crippen molar-refractivity contribution in [2.75, 3.05) is 6.61 Å². The molecule has 1 heterocycles. The van der Waals surface area contributed by atoms with Crippen LogP contribution >= 0.6 is 0 Å². The molecule has 66 valence electrons. The second-order valence-electron chi connectivity index (χ2n) is 2.92. The molecule has 0 fully saturated rings. The zero-order chi connectivity index (χ0) is 9.10. The summed E-state index contributed by atoms with van der Waals surface area (Å²) in [6, 6.07) is 9.88. The second-order valence-corrected chi connectivity index (χ2v) is 2.92. The maximum Gasteiger partial charge on any atom is 0.378 e. The minimum absolute atomic E-state index is 0.0405. The van der Waals surface area contributed by atoms with Gasteiger partial charge in [-0.1, -0.05) is 30.3 Å². The first kappa shape index (κ1) is 7.98. The molecule has 1 unspecified atom stereocenters. The smallest absolute Gasteiger partial charge is 0.378 e. The Kier molecular flexibility index (Phi) is 2.08. The van der Waals surface area contributed by atoms with E-state index in [-0.39, 0.29) is 6.04 Å². The third-order valence-electron chi connectivity index (χ3n) is 2.12. The molecule has 3 heteroatoms. The van der Waals surface area contributed by atoms with E-state index in [4.69, 9.17) is 4.74 Å². The normalized spacial score (nSPS) is 20.6. The van der Waals surface area contributed by atoms with E-state index in [2.05, 4.69) is 0 Å². The predicted molar refractivity (Wildman–Crippen MR) is 47.5 cm³/mol. The first-order valence-electron chi connectivity index (χ1n) is 4.14. The van der Waals surface area contributed by atoms with E-state index in [9.17, 15) is 4.79 Å². The van der Waals surface area contributed by atoms with Crippen LogP contribution in [-0.4, -0.2) is 24.0 Å². The number of benzene rings is 1. The van der Waals surface area contributed by atoms with Crippen LogP contribution in [0.15, 0.2) is 30.3 Å². The topological polar surface area (TPSA) is 29.3 Å². The third-order valence-corrected chi connectivity index (χ3v) is 2.12. The standard InChI is InChI=1S/C10H10NO2/c12-7-11-8-13-6-10(11)9-4-2-1-3-5-9/h1-5,7-8,10H,6H2/q+1. The zero-order valence-corrected chi connectivity index (χ0v) is 7.09. The summed E-state index contributed by atoms with van der Waals surface area (Å²) in [5.74, 6) is 0. The summed E-state index contributed by atoms with van der Waals surface area (Å²) in [6.07, 6.45) is 2.25. The Bertz CT molecular complexity index is 332. The van der Waals surface area contributed by atoms with Crippen molar-refractivity contribution in [1.29, 1.82) is 0 Å². The molecule has 0 saturated heterocycles. The molecule has 1 aromatic rings. The van der Waals surface area contributed by atoms with Crippen molar-refractivity contribution >= 4 is 12.8 Å². The fraction of sp³-hybridized carbons (Fsp3) is 0.200. The van der Waals surface area contributed by atoms with E-state index in [1.165, 1.54) is 11.0 Å². The molecular weight excluding hydrogens is 166 g/mol. The largest absolute Gasteiger partial charge is 0.442 e. The SMILES string of the molecule is O=C[N+]1=COCC1c1ccccc1.